The molecule has 4 nitrogen and oxygen atoms in total. The largest absolute Gasteiger partial charge is 0.496 e. The number of carbonyl (C=O) groups is 1. The fourth-order valence-corrected chi connectivity index (χ4v) is 2.74. The molecule has 2 aromatic rings. The van der Waals surface area contributed by atoms with Crippen LogP contribution in [0.5, 0.6) is 5.75 Å². The molecule has 0 aromatic heterocycles. The summed E-state index contributed by atoms with van der Waals surface area (Å²) in [7, 11) is 1.67. The van der Waals surface area contributed by atoms with Crippen LogP contribution in [0.25, 0.3) is 11.1 Å². The van der Waals surface area contributed by atoms with Gasteiger partial charge < -0.3 is 15.8 Å². The molecule has 0 saturated carbocycles. The van der Waals surface area contributed by atoms with Crippen LogP contribution in [0.15, 0.2) is 48.5 Å². The lowest BCUT2D eigenvalue weighted by Crippen LogP contribution is -2.45. The molecule has 25 heavy (non-hydrogen) atoms. The molecule has 0 aliphatic heterocycles. The number of hydrogen-bond acceptors (Lipinski definition) is 3. The maximum absolute atomic E-state index is 12.2. The Morgan fingerprint density at radius 2 is 1.76 bits per heavy atom. The molecule has 0 fully saturated rings. The van der Waals surface area contributed by atoms with Crippen LogP contribution in [-0.4, -0.2) is 19.1 Å². The molecule has 0 radical (unpaired) electrons. The minimum absolute atomic E-state index is 0.0886. The van der Waals surface area contributed by atoms with E-state index in [0.29, 0.717) is 0 Å². The van der Waals surface area contributed by atoms with Crippen molar-refractivity contribution in [2.75, 3.05) is 7.11 Å². The third kappa shape index (κ3) is 4.60. The highest BCUT2D eigenvalue weighted by Crippen LogP contribution is 2.30. The Morgan fingerprint density at radius 3 is 2.36 bits per heavy atom. The summed E-state index contributed by atoms with van der Waals surface area (Å²) < 4.78 is 5.42. The maximum Gasteiger partial charge on any atom is 0.237 e. The van der Waals surface area contributed by atoms with Crippen molar-refractivity contribution in [1.82, 2.24) is 5.32 Å². The predicted molar refractivity (Wildman–Crippen MR) is 102 cm³/mol. The lowest BCUT2D eigenvalue weighted by Gasteiger charge is -2.21. The zero-order valence-corrected chi connectivity index (χ0v) is 15.5. The molecule has 134 valence electrons. The highest BCUT2D eigenvalue weighted by atomic mass is 16.5. The van der Waals surface area contributed by atoms with E-state index < -0.39 is 6.04 Å². The van der Waals surface area contributed by atoms with Gasteiger partial charge in [0.15, 0.2) is 0 Å². The van der Waals surface area contributed by atoms with E-state index in [0.717, 1.165) is 28.9 Å². The van der Waals surface area contributed by atoms with Crippen molar-refractivity contribution < 1.29 is 9.53 Å². The van der Waals surface area contributed by atoms with Crippen LogP contribution in [0, 0.1) is 5.92 Å². The monoisotopic (exact) mass is 340 g/mol. The van der Waals surface area contributed by atoms with Crippen molar-refractivity contribution in [3.8, 4) is 16.9 Å². The quantitative estimate of drug-likeness (QED) is 0.803. The van der Waals surface area contributed by atoms with Gasteiger partial charge in [-0.1, -0.05) is 62.7 Å². The van der Waals surface area contributed by atoms with Gasteiger partial charge in [-0.15, -0.1) is 0 Å². The van der Waals surface area contributed by atoms with Gasteiger partial charge in [0.25, 0.3) is 0 Å². The summed E-state index contributed by atoms with van der Waals surface area (Å²) in [5.74, 6) is 0.909. The van der Waals surface area contributed by atoms with Crippen LogP contribution >= 0.6 is 0 Å². The number of para-hydroxylation sites is 1. The van der Waals surface area contributed by atoms with E-state index in [-0.39, 0.29) is 17.9 Å². The van der Waals surface area contributed by atoms with Gasteiger partial charge >= 0.3 is 0 Å². The average Bonchev–Trinajstić information content (AvgIpc) is 2.66. The van der Waals surface area contributed by atoms with Crippen LogP contribution in [0.4, 0.5) is 0 Å². The first-order valence-corrected chi connectivity index (χ1v) is 8.77. The SMILES string of the molecule is CCC(C)C(N)C(=O)NC(C)c1ccc(-c2ccccc2OC)cc1. The topological polar surface area (TPSA) is 64.4 Å². The lowest BCUT2D eigenvalue weighted by atomic mass is 9.98. The summed E-state index contributed by atoms with van der Waals surface area (Å²) in [6.45, 7) is 6.01. The van der Waals surface area contributed by atoms with Crippen molar-refractivity contribution in [1.29, 1.82) is 0 Å². The fraction of sp³-hybridized carbons (Fsp3) is 0.381. The molecule has 3 N–H and O–H groups in total. The van der Waals surface area contributed by atoms with Crippen molar-refractivity contribution in [3.63, 3.8) is 0 Å². The Kier molecular flexibility index (Phi) is 6.59. The molecule has 1 amide bonds. The van der Waals surface area contributed by atoms with Crippen molar-refractivity contribution in [2.45, 2.75) is 39.3 Å². The standard InChI is InChI=1S/C21H28N2O2/c1-5-14(2)20(22)21(24)23-15(3)16-10-12-17(13-11-16)18-8-6-7-9-19(18)25-4/h6-15,20H,5,22H2,1-4H3,(H,23,24). The van der Waals surface area contributed by atoms with Gasteiger partial charge in [0, 0.05) is 5.56 Å². The predicted octanol–water partition coefficient (Wildman–Crippen LogP) is 3.91. The number of benzene rings is 2. The zero-order valence-electron chi connectivity index (χ0n) is 15.5. The minimum Gasteiger partial charge on any atom is -0.496 e. The Hall–Kier alpha value is -2.33. The second-order valence-electron chi connectivity index (χ2n) is 6.46. The third-order valence-corrected chi connectivity index (χ3v) is 4.75. The van der Waals surface area contributed by atoms with E-state index in [2.05, 4.69) is 5.32 Å². The smallest absolute Gasteiger partial charge is 0.237 e. The van der Waals surface area contributed by atoms with Crippen LogP contribution < -0.4 is 15.8 Å². The Balaban J connectivity index is 2.10. The number of carbonyl (C=O) groups excluding carboxylic acids is 1. The summed E-state index contributed by atoms with van der Waals surface area (Å²) in [4.78, 5) is 12.2. The van der Waals surface area contributed by atoms with Gasteiger partial charge in [-0.2, -0.15) is 0 Å². The Bertz CT molecular complexity index is 697. The van der Waals surface area contributed by atoms with E-state index >= 15 is 0 Å². The molecular formula is C21H28N2O2. The first kappa shape index (κ1) is 19.0. The van der Waals surface area contributed by atoms with E-state index in [9.17, 15) is 4.79 Å². The van der Waals surface area contributed by atoms with E-state index in [4.69, 9.17) is 10.5 Å². The number of nitrogens with one attached hydrogen (secondary N) is 1. The molecule has 2 rings (SSSR count). The van der Waals surface area contributed by atoms with Crippen LogP contribution in [0.3, 0.4) is 0 Å². The highest BCUT2D eigenvalue weighted by Gasteiger charge is 2.21. The molecule has 0 aliphatic carbocycles. The summed E-state index contributed by atoms with van der Waals surface area (Å²) in [5, 5.41) is 3.00. The van der Waals surface area contributed by atoms with E-state index in [1.165, 1.54) is 0 Å². The van der Waals surface area contributed by atoms with E-state index in [1.54, 1.807) is 7.11 Å². The van der Waals surface area contributed by atoms with Crippen molar-refractivity contribution in [2.24, 2.45) is 11.7 Å². The molecule has 0 aliphatic rings. The summed E-state index contributed by atoms with van der Waals surface area (Å²) in [6, 6.07) is 15.5. The zero-order chi connectivity index (χ0) is 18.4. The molecular weight excluding hydrogens is 312 g/mol. The van der Waals surface area contributed by atoms with Crippen LogP contribution in [-0.2, 0) is 4.79 Å². The molecule has 3 atom stereocenters. The van der Waals surface area contributed by atoms with Crippen molar-refractivity contribution in [3.05, 3.63) is 54.1 Å². The van der Waals surface area contributed by atoms with Gasteiger partial charge in [-0.05, 0) is 30.0 Å². The van der Waals surface area contributed by atoms with Gasteiger partial charge in [-0.3, -0.25) is 4.79 Å². The summed E-state index contributed by atoms with van der Waals surface area (Å²) in [6.07, 6.45) is 0.885. The highest BCUT2D eigenvalue weighted by molar-refractivity contribution is 5.82. The number of nitrogens with two attached hydrogens (primary N) is 1. The van der Waals surface area contributed by atoms with Crippen LogP contribution in [0.2, 0.25) is 0 Å². The van der Waals surface area contributed by atoms with Gasteiger partial charge in [-0.25, -0.2) is 0 Å². The first-order valence-electron chi connectivity index (χ1n) is 8.77. The number of hydrogen-bond donors (Lipinski definition) is 2. The van der Waals surface area contributed by atoms with Gasteiger partial charge in [0.1, 0.15) is 5.75 Å². The third-order valence-electron chi connectivity index (χ3n) is 4.75. The number of rotatable bonds is 7. The second-order valence-corrected chi connectivity index (χ2v) is 6.46. The summed E-state index contributed by atoms with van der Waals surface area (Å²) in [5.41, 5.74) is 9.18. The maximum atomic E-state index is 12.2. The normalized spacial score (nSPS) is 14.4. The molecule has 3 unspecified atom stereocenters. The molecule has 0 bridgehead atoms. The number of amides is 1. The number of methoxy groups -OCH3 is 1. The molecule has 2 aromatic carbocycles. The van der Waals surface area contributed by atoms with Gasteiger partial charge in [0.05, 0.1) is 19.2 Å². The second kappa shape index (κ2) is 8.67. The number of ether oxygens (including phenoxy) is 1. The fourth-order valence-electron chi connectivity index (χ4n) is 2.74. The van der Waals surface area contributed by atoms with Gasteiger partial charge in [0.2, 0.25) is 5.91 Å². The Morgan fingerprint density at radius 1 is 1.12 bits per heavy atom. The van der Waals surface area contributed by atoms with Crippen molar-refractivity contribution >= 4 is 5.91 Å². The lowest BCUT2D eigenvalue weighted by molar-refractivity contribution is -0.124. The molecule has 0 spiro atoms. The molecule has 0 saturated heterocycles. The summed E-state index contributed by atoms with van der Waals surface area (Å²) >= 11 is 0. The first-order chi connectivity index (χ1) is 12.0. The van der Waals surface area contributed by atoms with Crippen LogP contribution in [0.1, 0.15) is 38.8 Å². The molecule has 4 heteroatoms. The average molecular weight is 340 g/mol. The van der Waals surface area contributed by atoms with E-state index in [1.807, 2.05) is 69.3 Å². The molecule has 0 heterocycles. The Labute approximate surface area is 150 Å². The minimum atomic E-state index is -0.472.